The zero-order valence-corrected chi connectivity index (χ0v) is 33.5. The maximum absolute atomic E-state index is 5.51. The minimum Gasteiger partial charge on any atom is -0.353 e. The maximum Gasteiger partial charge on any atom is 0.0736 e. The van der Waals surface area contributed by atoms with E-state index in [0.29, 0.717) is 0 Å². The van der Waals surface area contributed by atoms with Crippen LogP contribution in [0.25, 0.3) is 77.8 Å². The van der Waals surface area contributed by atoms with Crippen molar-refractivity contribution in [1.29, 1.82) is 0 Å². The third-order valence-corrected chi connectivity index (χ3v) is 10.8. The highest BCUT2D eigenvalue weighted by Gasteiger charge is 2.25. The molecule has 0 unspecified atom stereocenters. The molecule has 0 amide bonds. The first-order chi connectivity index (χ1) is 26.1. The molecule has 0 spiro atoms. The molecule has 4 heteroatoms. The van der Waals surface area contributed by atoms with Crippen molar-refractivity contribution in [2.24, 2.45) is 0 Å². The summed E-state index contributed by atoms with van der Waals surface area (Å²) >= 11 is 0. The third kappa shape index (κ3) is 7.10. The number of fused-ring (bicyclic) bond motifs is 3. The van der Waals surface area contributed by atoms with Crippen LogP contribution in [-0.2, 0) is 16.2 Å². The van der Waals surface area contributed by atoms with Gasteiger partial charge in [0.05, 0.1) is 28.1 Å². The van der Waals surface area contributed by atoms with Gasteiger partial charge in [-0.2, -0.15) is 0 Å². The van der Waals surface area contributed by atoms with Gasteiger partial charge in [0.1, 0.15) is 0 Å². The van der Waals surface area contributed by atoms with E-state index in [1.807, 2.05) is 24.7 Å². The van der Waals surface area contributed by atoms with Gasteiger partial charge in [-0.05, 0) is 110 Å². The van der Waals surface area contributed by atoms with Gasteiger partial charge in [-0.1, -0.05) is 117 Å². The SMILES string of the molecule is CC(C)(C)c1cccc(-c2cc(-c3ccccc3)cc(-c3cc(C(C)(C)C)cc4c3[nH]c3c(-c5cc(-c6cccnc6)ccn5)cc(C(C)(C)C)cc34)n2)c1. The molecule has 1 N–H and O–H groups in total. The summed E-state index contributed by atoms with van der Waals surface area (Å²) in [5.41, 5.74) is 16.4. The lowest BCUT2D eigenvalue weighted by atomic mass is 9.83. The fourth-order valence-corrected chi connectivity index (χ4v) is 7.42. The highest BCUT2D eigenvalue weighted by atomic mass is 14.8. The number of hydrogen-bond donors (Lipinski definition) is 1. The van der Waals surface area contributed by atoms with Gasteiger partial charge in [0.25, 0.3) is 0 Å². The number of benzene rings is 4. The van der Waals surface area contributed by atoms with E-state index in [0.717, 1.165) is 67.1 Å². The zero-order chi connectivity index (χ0) is 38.7. The van der Waals surface area contributed by atoms with Crippen molar-refractivity contribution >= 4 is 21.8 Å². The summed E-state index contributed by atoms with van der Waals surface area (Å²) in [6, 6.07) is 41.8. The summed E-state index contributed by atoms with van der Waals surface area (Å²) in [5.74, 6) is 0. The number of pyridine rings is 3. The summed E-state index contributed by atoms with van der Waals surface area (Å²) in [6.07, 6.45) is 5.63. The summed E-state index contributed by atoms with van der Waals surface area (Å²) < 4.78 is 0. The smallest absolute Gasteiger partial charge is 0.0736 e. The quantitative estimate of drug-likeness (QED) is 0.193. The van der Waals surface area contributed by atoms with Crippen LogP contribution in [0.3, 0.4) is 0 Å². The Kier molecular flexibility index (Phi) is 8.84. The maximum atomic E-state index is 5.51. The monoisotopic (exact) mass is 718 g/mol. The first kappa shape index (κ1) is 36.1. The van der Waals surface area contributed by atoms with Crippen LogP contribution >= 0.6 is 0 Å². The fourth-order valence-electron chi connectivity index (χ4n) is 7.42. The molecule has 8 aromatic rings. The molecule has 0 bridgehead atoms. The molecule has 4 heterocycles. The van der Waals surface area contributed by atoms with Crippen molar-refractivity contribution in [1.82, 2.24) is 19.9 Å². The number of hydrogen-bond acceptors (Lipinski definition) is 3. The number of nitrogens with zero attached hydrogens (tertiary/aromatic N) is 3. The Morgan fingerprint density at radius 1 is 0.418 bits per heavy atom. The molecule has 4 nitrogen and oxygen atoms in total. The van der Waals surface area contributed by atoms with Crippen LogP contribution in [0.4, 0.5) is 0 Å². The number of H-pyrrole nitrogens is 1. The van der Waals surface area contributed by atoms with E-state index in [-0.39, 0.29) is 16.2 Å². The van der Waals surface area contributed by atoms with E-state index in [1.54, 1.807) is 0 Å². The standard InChI is InChI=1S/C51H50N4/c1-49(2,3)37-19-13-17-34(23-37)44-25-36(32-15-11-10-12-16-32)26-46(54-44)43-30-39(51(7,8)9)28-41-40-27-38(50(4,5)6)29-42(47(40)55-48(41)43)45-24-33(20-22-53-45)35-18-14-21-52-31-35/h10-31,55H,1-9H3. The van der Waals surface area contributed by atoms with Gasteiger partial charge in [-0.3, -0.25) is 9.97 Å². The van der Waals surface area contributed by atoms with E-state index >= 15 is 0 Å². The molecule has 0 saturated heterocycles. The average molecular weight is 719 g/mol. The molecule has 4 aromatic heterocycles. The predicted molar refractivity (Wildman–Crippen MR) is 232 cm³/mol. The van der Waals surface area contributed by atoms with Crippen molar-refractivity contribution in [2.75, 3.05) is 0 Å². The molecule has 0 saturated carbocycles. The van der Waals surface area contributed by atoms with Gasteiger partial charge in [-0.25, -0.2) is 4.98 Å². The highest BCUT2D eigenvalue weighted by molar-refractivity contribution is 6.16. The van der Waals surface area contributed by atoms with Crippen molar-refractivity contribution in [2.45, 2.75) is 78.6 Å². The van der Waals surface area contributed by atoms with Crippen molar-refractivity contribution in [3.05, 3.63) is 151 Å². The molecule has 0 aliphatic rings. The lowest BCUT2D eigenvalue weighted by molar-refractivity contribution is 0.590. The third-order valence-electron chi connectivity index (χ3n) is 10.8. The molecule has 55 heavy (non-hydrogen) atoms. The molecule has 8 rings (SSSR count). The minimum atomic E-state index is -0.0997. The van der Waals surface area contributed by atoms with Crippen molar-refractivity contribution in [3.63, 3.8) is 0 Å². The molecular weight excluding hydrogens is 669 g/mol. The predicted octanol–water partition coefficient (Wildman–Crippen LogP) is 13.7. The Labute approximate surface area is 325 Å². The topological polar surface area (TPSA) is 54.5 Å². The van der Waals surface area contributed by atoms with Crippen molar-refractivity contribution in [3.8, 4) is 56.0 Å². The van der Waals surface area contributed by atoms with Gasteiger partial charge in [0.2, 0.25) is 0 Å². The Morgan fingerprint density at radius 2 is 1.00 bits per heavy atom. The molecule has 274 valence electrons. The van der Waals surface area contributed by atoms with E-state index in [4.69, 9.17) is 9.97 Å². The highest BCUT2D eigenvalue weighted by Crippen LogP contribution is 2.43. The van der Waals surface area contributed by atoms with Crippen LogP contribution in [0.5, 0.6) is 0 Å². The average Bonchev–Trinajstić information content (AvgIpc) is 3.55. The minimum absolute atomic E-state index is 0.0173. The summed E-state index contributed by atoms with van der Waals surface area (Å²) in [4.78, 5) is 18.9. The molecule has 0 aliphatic heterocycles. The number of aromatic amines is 1. The molecule has 0 fully saturated rings. The van der Waals surface area contributed by atoms with E-state index in [1.165, 1.54) is 27.5 Å². The van der Waals surface area contributed by atoms with Crippen LogP contribution in [0.2, 0.25) is 0 Å². The molecule has 0 radical (unpaired) electrons. The van der Waals surface area contributed by atoms with Gasteiger partial charge in [0, 0.05) is 51.6 Å². The number of nitrogens with one attached hydrogen (secondary N) is 1. The lowest BCUT2D eigenvalue weighted by Crippen LogP contribution is -2.11. The molecular formula is C51H50N4. The fraction of sp³-hybridized carbons (Fsp3) is 0.235. The van der Waals surface area contributed by atoms with Gasteiger partial charge >= 0.3 is 0 Å². The van der Waals surface area contributed by atoms with Crippen LogP contribution in [0, 0.1) is 0 Å². The van der Waals surface area contributed by atoms with Crippen LogP contribution < -0.4 is 0 Å². The van der Waals surface area contributed by atoms with Crippen LogP contribution in [0.15, 0.2) is 134 Å². The second kappa shape index (κ2) is 13.5. The Morgan fingerprint density at radius 3 is 1.62 bits per heavy atom. The molecule has 0 atom stereocenters. The largest absolute Gasteiger partial charge is 0.353 e. The first-order valence-electron chi connectivity index (χ1n) is 19.3. The van der Waals surface area contributed by atoms with Gasteiger partial charge in [0.15, 0.2) is 0 Å². The Bertz CT molecular complexity index is 2680. The molecule has 0 aliphatic carbocycles. The number of rotatable bonds is 5. The summed E-state index contributed by atoms with van der Waals surface area (Å²) in [6.45, 7) is 20.5. The molecule has 4 aromatic carbocycles. The summed E-state index contributed by atoms with van der Waals surface area (Å²) in [5, 5.41) is 2.38. The van der Waals surface area contributed by atoms with E-state index < -0.39 is 0 Å². The Balaban J connectivity index is 1.44. The van der Waals surface area contributed by atoms with Crippen LogP contribution in [-0.4, -0.2) is 19.9 Å². The second-order valence-corrected chi connectivity index (χ2v) is 18.0. The van der Waals surface area contributed by atoms with Gasteiger partial charge < -0.3 is 4.98 Å². The summed E-state index contributed by atoms with van der Waals surface area (Å²) in [7, 11) is 0. The first-order valence-corrected chi connectivity index (χ1v) is 19.3. The van der Waals surface area contributed by atoms with E-state index in [9.17, 15) is 0 Å². The normalized spacial score (nSPS) is 12.5. The lowest BCUT2D eigenvalue weighted by Gasteiger charge is -2.22. The number of aromatic nitrogens is 4. The Hall–Kier alpha value is -5.87. The van der Waals surface area contributed by atoms with Crippen LogP contribution in [0.1, 0.15) is 79.0 Å². The second-order valence-electron chi connectivity index (χ2n) is 18.0. The van der Waals surface area contributed by atoms with Crippen molar-refractivity contribution < 1.29 is 0 Å². The van der Waals surface area contributed by atoms with Gasteiger partial charge in [-0.15, -0.1) is 0 Å². The zero-order valence-electron chi connectivity index (χ0n) is 33.5. The van der Waals surface area contributed by atoms with E-state index in [2.05, 4.69) is 181 Å².